The second-order valence-electron chi connectivity index (χ2n) is 12.4. The van der Waals surface area contributed by atoms with E-state index in [1.807, 2.05) is 24.5 Å². The highest BCUT2D eigenvalue weighted by Gasteiger charge is 2.24. The van der Waals surface area contributed by atoms with Crippen LogP contribution in [0.5, 0.6) is 0 Å². The first-order valence-corrected chi connectivity index (χ1v) is 17.3. The molecule has 0 aliphatic heterocycles. The Labute approximate surface area is 251 Å². The van der Waals surface area contributed by atoms with Crippen molar-refractivity contribution >= 4 is 23.6 Å². The van der Waals surface area contributed by atoms with Gasteiger partial charge < -0.3 is 15.3 Å². The Bertz CT molecular complexity index is 1100. The summed E-state index contributed by atoms with van der Waals surface area (Å²) in [4.78, 5) is 28.1. The van der Waals surface area contributed by atoms with E-state index in [9.17, 15) is 14.7 Å². The molecular weight excluding hydrogens is 528 g/mol. The van der Waals surface area contributed by atoms with E-state index in [1.165, 1.54) is 82.9 Å². The second-order valence-corrected chi connectivity index (χ2v) is 13.3. The van der Waals surface area contributed by atoms with Crippen LogP contribution in [0.25, 0.3) is 11.1 Å². The SMILES string of the molecule is CSCC[C@H](NC(=O)c1ccc(CCN(CC2CCCCC2)CC2CCCCC2)cc1-c1ccccc1C)C(=O)O. The van der Waals surface area contributed by atoms with Crippen LogP contribution < -0.4 is 5.32 Å². The van der Waals surface area contributed by atoms with Crippen LogP contribution in [-0.4, -0.2) is 59.6 Å². The van der Waals surface area contributed by atoms with Crippen molar-refractivity contribution in [3.05, 3.63) is 59.2 Å². The average Bonchev–Trinajstić information content (AvgIpc) is 2.99. The fourth-order valence-corrected chi connectivity index (χ4v) is 7.26. The van der Waals surface area contributed by atoms with E-state index in [0.29, 0.717) is 17.7 Å². The molecule has 0 saturated heterocycles. The van der Waals surface area contributed by atoms with Crippen LogP contribution in [0, 0.1) is 18.8 Å². The first-order chi connectivity index (χ1) is 19.9. The van der Waals surface area contributed by atoms with Crippen LogP contribution in [0.15, 0.2) is 42.5 Å². The number of amides is 1. The van der Waals surface area contributed by atoms with Gasteiger partial charge in [-0.25, -0.2) is 4.79 Å². The number of carbonyl (C=O) groups is 2. The predicted octanol–water partition coefficient (Wildman–Crippen LogP) is 7.60. The molecule has 0 unspecified atom stereocenters. The molecule has 2 aliphatic rings. The number of carbonyl (C=O) groups excluding carboxylic acids is 1. The van der Waals surface area contributed by atoms with Crippen LogP contribution in [0.2, 0.25) is 0 Å². The molecule has 0 spiro atoms. The zero-order valence-electron chi connectivity index (χ0n) is 25.2. The Morgan fingerprint density at radius 3 is 2.15 bits per heavy atom. The van der Waals surface area contributed by atoms with Gasteiger partial charge in [0.2, 0.25) is 0 Å². The molecule has 1 amide bonds. The van der Waals surface area contributed by atoms with Gasteiger partial charge in [-0.2, -0.15) is 11.8 Å². The summed E-state index contributed by atoms with van der Waals surface area (Å²) >= 11 is 1.58. The number of aryl methyl sites for hydroxylation is 1. The standard InChI is InChI=1S/C35H50N2O3S/c1-26-11-9-10-16-30(26)32-23-27(17-18-31(32)34(38)36-33(35(39)40)20-22-41-2)19-21-37(24-28-12-5-3-6-13-28)25-29-14-7-4-8-15-29/h9-11,16-18,23,28-29,33H,3-8,12-15,19-22,24-25H2,1-2H3,(H,36,38)(H,39,40)/t33-/m0/s1. The number of nitrogens with zero attached hydrogens (tertiary/aromatic N) is 1. The molecule has 0 bridgehead atoms. The normalized spacial score (nSPS) is 17.4. The van der Waals surface area contributed by atoms with Gasteiger partial charge in [-0.15, -0.1) is 0 Å². The van der Waals surface area contributed by atoms with Gasteiger partial charge in [0.15, 0.2) is 0 Å². The molecule has 0 aromatic heterocycles. The fourth-order valence-electron chi connectivity index (χ4n) is 6.79. The first kappa shape index (κ1) is 31.6. The van der Waals surface area contributed by atoms with E-state index in [1.54, 1.807) is 11.8 Å². The summed E-state index contributed by atoms with van der Waals surface area (Å²) in [5, 5.41) is 12.5. The Morgan fingerprint density at radius 1 is 0.927 bits per heavy atom. The van der Waals surface area contributed by atoms with Crippen LogP contribution in [0.4, 0.5) is 0 Å². The zero-order chi connectivity index (χ0) is 29.0. The van der Waals surface area contributed by atoms with Crippen LogP contribution in [0.1, 0.15) is 92.1 Å². The summed E-state index contributed by atoms with van der Waals surface area (Å²) in [5.41, 5.74) is 4.79. The highest BCUT2D eigenvalue weighted by Crippen LogP contribution is 2.30. The molecule has 224 valence electrons. The summed E-state index contributed by atoms with van der Waals surface area (Å²) in [7, 11) is 0. The monoisotopic (exact) mass is 578 g/mol. The zero-order valence-corrected chi connectivity index (χ0v) is 26.0. The molecule has 5 nitrogen and oxygen atoms in total. The number of hydrogen-bond donors (Lipinski definition) is 2. The van der Waals surface area contributed by atoms with E-state index < -0.39 is 12.0 Å². The van der Waals surface area contributed by atoms with Crippen molar-refractivity contribution in [1.82, 2.24) is 10.2 Å². The largest absolute Gasteiger partial charge is 0.480 e. The predicted molar refractivity (Wildman–Crippen MR) is 172 cm³/mol. The quantitative estimate of drug-likeness (QED) is 0.242. The topological polar surface area (TPSA) is 69.6 Å². The van der Waals surface area contributed by atoms with Gasteiger partial charge in [0.25, 0.3) is 5.91 Å². The lowest BCUT2D eigenvalue weighted by molar-refractivity contribution is -0.139. The van der Waals surface area contributed by atoms with Crippen LogP contribution in [0.3, 0.4) is 0 Å². The minimum absolute atomic E-state index is 0.320. The maximum Gasteiger partial charge on any atom is 0.326 e. The van der Waals surface area contributed by atoms with Gasteiger partial charge in [-0.05, 0) is 97.6 Å². The molecule has 2 fully saturated rings. The Hall–Kier alpha value is -2.31. The molecule has 2 N–H and O–H groups in total. The number of carboxylic acid groups (broad SMARTS) is 1. The summed E-state index contributed by atoms with van der Waals surface area (Å²) < 4.78 is 0. The number of thioether (sulfide) groups is 1. The van der Waals surface area contributed by atoms with E-state index in [-0.39, 0.29) is 5.91 Å². The molecule has 4 rings (SSSR count). The molecule has 6 heteroatoms. The summed E-state index contributed by atoms with van der Waals surface area (Å²) in [6.45, 7) is 5.54. The maximum atomic E-state index is 13.5. The molecule has 2 aromatic carbocycles. The molecule has 1 atom stereocenters. The van der Waals surface area contributed by atoms with Crippen molar-refractivity contribution in [2.75, 3.05) is 31.6 Å². The lowest BCUT2D eigenvalue weighted by Crippen LogP contribution is -2.41. The third-order valence-electron chi connectivity index (χ3n) is 9.18. The lowest BCUT2D eigenvalue weighted by atomic mass is 9.86. The minimum atomic E-state index is -0.988. The van der Waals surface area contributed by atoms with Crippen molar-refractivity contribution in [2.45, 2.75) is 90.0 Å². The number of hydrogen-bond acceptors (Lipinski definition) is 4. The molecule has 2 saturated carbocycles. The van der Waals surface area contributed by atoms with Crippen molar-refractivity contribution in [3.63, 3.8) is 0 Å². The summed E-state index contributed by atoms with van der Waals surface area (Å²) in [5.74, 6) is 1.03. The van der Waals surface area contributed by atoms with E-state index in [0.717, 1.165) is 41.5 Å². The van der Waals surface area contributed by atoms with Gasteiger partial charge in [-0.3, -0.25) is 4.79 Å². The van der Waals surface area contributed by atoms with E-state index in [2.05, 4.69) is 41.4 Å². The lowest BCUT2D eigenvalue weighted by Gasteiger charge is -2.33. The first-order valence-electron chi connectivity index (χ1n) is 15.9. The number of rotatable bonds is 14. The van der Waals surface area contributed by atoms with E-state index in [4.69, 9.17) is 0 Å². The van der Waals surface area contributed by atoms with Crippen LogP contribution in [-0.2, 0) is 11.2 Å². The van der Waals surface area contributed by atoms with Gasteiger partial charge >= 0.3 is 5.97 Å². The number of nitrogens with one attached hydrogen (secondary N) is 1. The van der Waals surface area contributed by atoms with Crippen molar-refractivity contribution in [1.29, 1.82) is 0 Å². The molecule has 0 radical (unpaired) electrons. The summed E-state index contributed by atoms with van der Waals surface area (Å²) in [6, 6.07) is 13.4. The molecule has 2 aliphatic carbocycles. The van der Waals surface area contributed by atoms with Crippen molar-refractivity contribution in [3.8, 4) is 11.1 Å². The van der Waals surface area contributed by atoms with Gasteiger partial charge in [0.05, 0.1) is 0 Å². The Balaban J connectivity index is 1.53. The number of benzene rings is 2. The minimum Gasteiger partial charge on any atom is -0.480 e. The van der Waals surface area contributed by atoms with Gasteiger partial charge in [-0.1, -0.05) is 74.9 Å². The maximum absolute atomic E-state index is 13.5. The second kappa shape index (κ2) is 16.4. The molecule has 2 aromatic rings. The van der Waals surface area contributed by atoms with Gasteiger partial charge in [0, 0.05) is 25.2 Å². The van der Waals surface area contributed by atoms with Gasteiger partial charge in [0.1, 0.15) is 6.04 Å². The van der Waals surface area contributed by atoms with E-state index >= 15 is 0 Å². The third-order valence-corrected chi connectivity index (χ3v) is 9.82. The van der Waals surface area contributed by atoms with Crippen molar-refractivity contribution in [2.24, 2.45) is 11.8 Å². The summed E-state index contributed by atoms with van der Waals surface area (Å²) in [6.07, 6.45) is 17.1. The van der Waals surface area contributed by atoms with Crippen LogP contribution >= 0.6 is 11.8 Å². The molecular formula is C35H50N2O3S. The number of carboxylic acids is 1. The Morgan fingerprint density at radius 2 is 1.56 bits per heavy atom. The smallest absolute Gasteiger partial charge is 0.326 e. The van der Waals surface area contributed by atoms with Crippen molar-refractivity contribution < 1.29 is 14.7 Å². The highest BCUT2D eigenvalue weighted by molar-refractivity contribution is 7.98. The molecule has 41 heavy (non-hydrogen) atoms. The highest BCUT2D eigenvalue weighted by atomic mass is 32.2. The third kappa shape index (κ3) is 9.61. The molecule has 0 heterocycles. The fraction of sp³-hybridized carbons (Fsp3) is 0.600. The number of aliphatic carboxylic acids is 1. The average molecular weight is 579 g/mol. The Kier molecular flexibility index (Phi) is 12.6.